The quantitative estimate of drug-likeness (QED) is 0.351. The third-order valence-corrected chi connectivity index (χ3v) is 7.00. The molecule has 0 spiro atoms. The molecule has 2 aromatic rings. The van der Waals surface area contributed by atoms with Gasteiger partial charge in [0.05, 0.1) is 6.61 Å². The van der Waals surface area contributed by atoms with Crippen LogP contribution in [0.25, 0.3) is 0 Å². The van der Waals surface area contributed by atoms with E-state index in [1.807, 2.05) is 0 Å². The summed E-state index contributed by atoms with van der Waals surface area (Å²) < 4.78 is 29.2. The molecule has 0 amide bonds. The SMILES string of the molecule is CCCc1ccc(CCc2noc(CC(C(=O)OC(C)(C)C)P(C)(=O)OCC)n2)cc1. The minimum absolute atomic E-state index is 0.0153. The van der Waals surface area contributed by atoms with E-state index in [9.17, 15) is 9.36 Å². The maximum Gasteiger partial charge on any atom is 0.319 e. The number of hydrogen-bond acceptors (Lipinski definition) is 7. The highest BCUT2D eigenvalue weighted by molar-refractivity contribution is 7.60. The van der Waals surface area contributed by atoms with E-state index in [4.69, 9.17) is 13.8 Å². The summed E-state index contributed by atoms with van der Waals surface area (Å²) in [5, 5.41) is 4.02. The fraction of sp³-hybridized carbons (Fsp3) is 0.609. The average molecular weight is 451 g/mol. The number of esters is 1. The van der Waals surface area contributed by atoms with Gasteiger partial charge in [0.2, 0.25) is 13.3 Å². The summed E-state index contributed by atoms with van der Waals surface area (Å²) in [5.74, 6) is 0.225. The second kappa shape index (κ2) is 11.1. The van der Waals surface area contributed by atoms with Gasteiger partial charge in [-0.15, -0.1) is 0 Å². The van der Waals surface area contributed by atoms with Crippen LogP contribution < -0.4 is 0 Å². The van der Waals surface area contributed by atoms with Gasteiger partial charge in [0.15, 0.2) is 5.82 Å². The molecule has 0 aliphatic rings. The number of carbonyl (C=O) groups excluding carboxylic acids is 1. The van der Waals surface area contributed by atoms with Gasteiger partial charge >= 0.3 is 5.97 Å². The van der Waals surface area contributed by atoms with E-state index < -0.39 is 24.6 Å². The van der Waals surface area contributed by atoms with E-state index in [1.165, 1.54) is 17.8 Å². The zero-order valence-electron chi connectivity index (χ0n) is 19.5. The van der Waals surface area contributed by atoms with Crippen molar-refractivity contribution in [3.05, 3.63) is 47.1 Å². The Kier molecular flexibility index (Phi) is 9.01. The molecule has 0 fully saturated rings. The molecule has 0 saturated heterocycles. The number of carbonyl (C=O) groups is 1. The number of aromatic nitrogens is 2. The van der Waals surface area contributed by atoms with Gasteiger partial charge in [-0.3, -0.25) is 9.36 Å². The van der Waals surface area contributed by atoms with Gasteiger partial charge in [0, 0.05) is 19.5 Å². The highest BCUT2D eigenvalue weighted by Gasteiger charge is 2.40. The van der Waals surface area contributed by atoms with E-state index >= 15 is 0 Å². The van der Waals surface area contributed by atoms with Gasteiger partial charge in [-0.2, -0.15) is 4.98 Å². The van der Waals surface area contributed by atoms with Crippen LogP contribution >= 0.6 is 7.37 Å². The molecule has 1 aromatic carbocycles. The fourth-order valence-electron chi connectivity index (χ4n) is 3.21. The third-order valence-electron chi connectivity index (χ3n) is 4.71. The van der Waals surface area contributed by atoms with Crippen LogP contribution in [0.2, 0.25) is 0 Å². The second-order valence-electron chi connectivity index (χ2n) is 8.75. The predicted molar refractivity (Wildman–Crippen MR) is 121 cm³/mol. The zero-order valence-corrected chi connectivity index (χ0v) is 20.4. The van der Waals surface area contributed by atoms with Crippen molar-refractivity contribution in [3.63, 3.8) is 0 Å². The van der Waals surface area contributed by atoms with E-state index in [0.717, 1.165) is 19.3 Å². The monoisotopic (exact) mass is 450 g/mol. The fourth-order valence-corrected chi connectivity index (χ4v) is 4.83. The van der Waals surface area contributed by atoms with Crippen molar-refractivity contribution in [2.75, 3.05) is 13.3 Å². The van der Waals surface area contributed by atoms with Crippen LogP contribution in [-0.4, -0.2) is 40.6 Å². The molecular formula is C23H35N2O5P. The first-order chi connectivity index (χ1) is 14.5. The lowest BCUT2D eigenvalue weighted by molar-refractivity contribution is -0.154. The maximum atomic E-state index is 13.0. The first-order valence-corrected chi connectivity index (χ1v) is 13.0. The summed E-state index contributed by atoms with van der Waals surface area (Å²) in [5.41, 5.74) is 0.840. The Balaban J connectivity index is 2.05. The Bertz CT molecular complexity index is 886. The van der Waals surface area contributed by atoms with E-state index in [-0.39, 0.29) is 18.9 Å². The largest absolute Gasteiger partial charge is 0.459 e. The van der Waals surface area contributed by atoms with Gasteiger partial charge in [-0.1, -0.05) is 42.8 Å². The van der Waals surface area contributed by atoms with Crippen LogP contribution in [0, 0.1) is 0 Å². The summed E-state index contributed by atoms with van der Waals surface area (Å²) in [6.45, 7) is 10.9. The molecule has 1 heterocycles. The standard InChI is InChI=1S/C23H35N2O5P/c1-7-9-17-10-12-18(13-11-17)14-15-20-24-21(30-25-20)16-19(31(6,27)28-8-2)22(26)29-23(3,4)5/h10-13,19H,7-9,14-16H2,1-6H3. The van der Waals surface area contributed by atoms with E-state index in [2.05, 4.69) is 41.3 Å². The molecular weight excluding hydrogens is 415 g/mol. The Hall–Kier alpha value is -1.98. The van der Waals surface area contributed by atoms with Crippen LogP contribution in [0.1, 0.15) is 63.9 Å². The Labute approximate surface area is 185 Å². The van der Waals surface area contributed by atoms with Gasteiger partial charge in [0.1, 0.15) is 11.3 Å². The summed E-state index contributed by atoms with van der Waals surface area (Å²) in [6.07, 6.45) is 3.62. The number of rotatable bonds is 11. The van der Waals surface area contributed by atoms with Crippen molar-refractivity contribution in [2.24, 2.45) is 0 Å². The van der Waals surface area contributed by atoms with Crippen molar-refractivity contribution in [1.29, 1.82) is 0 Å². The topological polar surface area (TPSA) is 91.5 Å². The van der Waals surface area contributed by atoms with Gasteiger partial charge in [-0.25, -0.2) is 0 Å². The van der Waals surface area contributed by atoms with E-state index in [1.54, 1.807) is 27.7 Å². The van der Waals surface area contributed by atoms with Crippen LogP contribution in [0.15, 0.2) is 28.8 Å². The Morgan fingerprint density at radius 2 is 1.71 bits per heavy atom. The van der Waals surface area contributed by atoms with Crippen LogP contribution in [0.5, 0.6) is 0 Å². The molecule has 2 unspecified atom stereocenters. The second-order valence-corrected chi connectivity index (χ2v) is 11.4. The molecule has 0 aliphatic heterocycles. The molecule has 0 aliphatic carbocycles. The van der Waals surface area contributed by atoms with Crippen LogP contribution in [-0.2, 0) is 44.3 Å². The molecule has 172 valence electrons. The molecule has 0 radical (unpaired) electrons. The molecule has 2 atom stereocenters. The molecule has 31 heavy (non-hydrogen) atoms. The molecule has 2 rings (SSSR count). The van der Waals surface area contributed by atoms with Crippen LogP contribution in [0.4, 0.5) is 0 Å². The zero-order chi connectivity index (χ0) is 23.1. The first kappa shape index (κ1) is 25.3. The molecule has 8 heteroatoms. The van der Waals surface area contributed by atoms with Crippen molar-refractivity contribution in [2.45, 2.75) is 78.0 Å². The maximum absolute atomic E-state index is 13.0. The average Bonchev–Trinajstić information content (AvgIpc) is 3.12. The molecule has 0 bridgehead atoms. The number of benzene rings is 1. The molecule has 7 nitrogen and oxygen atoms in total. The van der Waals surface area contributed by atoms with E-state index in [0.29, 0.717) is 12.2 Å². The first-order valence-electron chi connectivity index (χ1n) is 10.9. The van der Waals surface area contributed by atoms with Gasteiger partial charge < -0.3 is 13.8 Å². The molecule has 0 N–H and O–H groups in total. The van der Waals surface area contributed by atoms with Crippen molar-refractivity contribution in [1.82, 2.24) is 10.1 Å². The van der Waals surface area contributed by atoms with Crippen molar-refractivity contribution >= 4 is 13.3 Å². The van der Waals surface area contributed by atoms with Gasteiger partial charge in [-0.05, 0) is 51.7 Å². The normalized spacial score (nSPS) is 14.8. The minimum Gasteiger partial charge on any atom is -0.459 e. The number of aryl methyl sites for hydroxylation is 3. The summed E-state index contributed by atoms with van der Waals surface area (Å²) in [4.78, 5) is 17.1. The highest BCUT2D eigenvalue weighted by atomic mass is 31.2. The van der Waals surface area contributed by atoms with Crippen LogP contribution in [0.3, 0.4) is 0 Å². The number of nitrogens with zero attached hydrogens (tertiary/aromatic N) is 2. The lowest BCUT2D eigenvalue weighted by Crippen LogP contribution is -2.33. The van der Waals surface area contributed by atoms with Crippen molar-refractivity contribution < 1.29 is 23.1 Å². The number of ether oxygens (including phenoxy) is 1. The molecule has 1 aromatic heterocycles. The number of hydrogen-bond donors (Lipinski definition) is 0. The summed E-state index contributed by atoms with van der Waals surface area (Å²) in [6, 6.07) is 8.55. The minimum atomic E-state index is -3.28. The third kappa shape index (κ3) is 8.23. The lowest BCUT2D eigenvalue weighted by atomic mass is 10.0. The lowest BCUT2D eigenvalue weighted by Gasteiger charge is -2.26. The Morgan fingerprint density at radius 3 is 2.26 bits per heavy atom. The predicted octanol–water partition coefficient (Wildman–Crippen LogP) is 5.00. The highest BCUT2D eigenvalue weighted by Crippen LogP contribution is 2.50. The summed E-state index contributed by atoms with van der Waals surface area (Å²) in [7, 11) is -3.28. The van der Waals surface area contributed by atoms with Gasteiger partial charge in [0.25, 0.3) is 0 Å². The molecule has 0 saturated carbocycles. The Morgan fingerprint density at radius 1 is 1.10 bits per heavy atom. The summed E-state index contributed by atoms with van der Waals surface area (Å²) >= 11 is 0. The smallest absolute Gasteiger partial charge is 0.319 e. The van der Waals surface area contributed by atoms with Crippen molar-refractivity contribution in [3.8, 4) is 0 Å².